The van der Waals surface area contributed by atoms with Crippen LogP contribution in [0.5, 0.6) is 0 Å². The fourth-order valence-corrected chi connectivity index (χ4v) is 4.81. The van der Waals surface area contributed by atoms with Gasteiger partial charge in [0.1, 0.15) is 5.92 Å². The second kappa shape index (κ2) is 10.4. The number of benzene rings is 3. The van der Waals surface area contributed by atoms with Crippen molar-refractivity contribution in [3.8, 4) is 0 Å². The SMILES string of the molecule is CCOC(=O)c1ccc2c(c1)NC(=O)C2C(=Nc1ccc(CN2CCC(O)C2)cc1)c1ccccc1. The first-order chi connectivity index (χ1) is 17.5. The molecule has 2 heterocycles. The molecule has 2 aliphatic heterocycles. The normalized spacial score (nSPS) is 19.7. The zero-order valence-electron chi connectivity index (χ0n) is 20.2. The Balaban J connectivity index is 1.46. The highest BCUT2D eigenvalue weighted by Crippen LogP contribution is 2.37. The van der Waals surface area contributed by atoms with Crippen molar-refractivity contribution in [3.05, 3.63) is 95.1 Å². The molecule has 1 saturated heterocycles. The molecule has 2 N–H and O–H groups in total. The van der Waals surface area contributed by atoms with Gasteiger partial charge >= 0.3 is 5.97 Å². The van der Waals surface area contributed by atoms with Gasteiger partial charge < -0.3 is 15.2 Å². The molecule has 3 aromatic carbocycles. The van der Waals surface area contributed by atoms with Crippen LogP contribution < -0.4 is 5.32 Å². The van der Waals surface area contributed by atoms with Crippen LogP contribution in [0.15, 0.2) is 77.8 Å². The van der Waals surface area contributed by atoms with Gasteiger partial charge in [0.25, 0.3) is 0 Å². The summed E-state index contributed by atoms with van der Waals surface area (Å²) in [7, 11) is 0. The summed E-state index contributed by atoms with van der Waals surface area (Å²) in [5.74, 6) is -1.21. The van der Waals surface area contributed by atoms with E-state index in [0.29, 0.717) is 23.5 Å². The highest BCUT2D eigenvalue weighted by atomic mass is 16.5. The zero-order chi connectivity index (χ0) is 25.1. The number of aliphatic hydroxyl groups is 1. The molecule has 1 fully saturated rings. The Labute approximate surface area is 210 Å². The summed E-state index contributed by atoms with van der Waals surface area (Å²) >= 11 is 0. The van der Waals surface area contributed by atoms with Crippen LogP contribution >= 0.6 is 0 Å². The minimum absolute atomic E-state index is 0.183. The molecule has 1 amide bonds. The quantitative estimate of drug-likeness (QED) is 0.387. The van der Waals surface area contributed by atoms with E-state index in [1.165, 1.54) is 0 Å². The van der Waals surface area contributed by atoms with E-state index in [9.17, 15) is 14.7 Å². The van der Waals surface area contributed by atoms with Crippen LogP contribution in [-0.2, 0) is 16.1 Å². The first kappa shape index (κ1) is 23.9. The lowest BCUT2D eigenvalue weighted by Crippen LogP contribution is -2.22. The van der Waals surface area contributed by atoms with Crippen LogP contribution in [0.25, 0.3) is 0 Å². The first-order valence-corrected chi connectivity index (χ1v) is 12.3. The third-order valence-corrected chi connectivity index (χ3v) is 6.58. The lowest BCUT2D eigenvalue weighted by atomic mass is 9.90. The highest BCUT2D eigenvalue weighted by molar-refractivity contribution is 6.24. The first-order valence-electron chi connectivity index (χ1n) is 12.3. The number of likely N-dealkylation sites (tertiary alicyclic amines) is 1. The van der Waals surface area contributed by atoms with Crippen molar-refractivity contribution < 1.29 is 19.4 Å². The molecule has 184 valence electrons. The van der Waals surface area contributed by atoms with E-state index in [1.807, 2.05) is 54.6 Å². The fourth-order valence-electron chi connectivity index (χ4n) is 4.81. The van der Waals surface area contributed by atoms with Gasteiger partial charge in [-0.3, -0.25) is 14.7 Å². The van der Waals surface area contributed by atoms with Crippen molar-refractivity contribution >= 4 is 29.0 Å². The van der Waals surface area contributed by atoms with E-state index in [4.69, 9.17) is 9.73 Å². The van der Waals surface area contributed by atoms with Crippen molar-refractivity contribution in [2.24, 2.45) is 4.99 Å². The van der Waals surface area contributed by atoms with Gasteiger partial charge in [0.05, 0.1) is 29.7 Å². The zero-order valence-corrected chi connectivity index (χ0v) is 20.2. The van der Waals surface area contributed by atoms with Gasteiger partial charge in [0.15, 0.2) is 0 Å². The van der Waals surface area contributed by atoms with Gasteiger partial charge in [-0.2, -0.15) is 0 Å². The van der Waals surface area contributed by atoms with Crippen molar-refractivity contribution in [3.63, 3.8) is 0 Å². The number of esters is 1. The number of aliphatic imine (C=N–C) groups is 1. The lowest BCUT2D eigenvalue weighted by molar-refractivity contribution is -0.115. The number of carbonyl (C=O) groups is 2. The predicted molar refractivity (Wildman–Crippen MR) is 139 cm³/mol. The Morgan fingerprint density at radius 1 is 1.08 bits per heavy atom. The third-order valence-electron chi connectivity index (χ3n) is 6.58. The summed E-state index contributed by atoms with van der Waals surface area (Å²) in [6, 6.07) is 22.8. The summed E-state index contributed by atoms with van der Waals surface area (Å²) < 4.78 is 5.10. The van der Waals surface area contributed by atoms with Crippen LogP contribution in [0.1, 0.15) is 46.3 Å². The number of carbonyl (C=O) groups excluding carboxylic acids is 2. The molecule has 2 aliphatic rings. The molecule has 7 heteroatoms. The van der Waals surface area contributed by atoms with Crippen molar-refractivity contribution in [1.29, 1.82) is 0 Å². The molecular formula is C29H29N3O4. The van der Waals surface area contributed by atoms with Gasteiger partial charge in [-0.15, -0.1) is 0 Å². The van der Waals surface area contributed by atoms with Gasteiger partial charge in [-0.05, 0) is 54.3 Å². The van der Waals surface area contributed by atoms with Gasteiger partial charge in [-0.1, -0.05) is 48.5 Å². The molecule has 0 saturated carbocycles. The number of nitrogens with zero attached hydrogens (tertiary/aromatic N) is 2. The molecule has 2 unspecified atom stereocenters. The number of amides is 1. The molecule has 0 aliphatic carbocycles. The summed E-state index contributed by atoms with van der Waals surface area (Å²) in [5, 5.41) is 12.7. The van der Waals surface area contributed by atoms with Gasteiger partial charge in [-0.25, -0.2) is 4.79 Å². The summed E-state index contributed by atoms with van der Waals surface area (Å²) in [6.07, 6.45) is 0.575. The second-order valence-corrected chi connectivity index (χ2v) is 9.15. The van der Waals surface area contributed by atoms with Crippen LogP contribution in [-0.4, -0.2) is 53.4 Å². The number of β-amino-alcohol motifs (C(OH)–C–C–N with tert-alkyl or cyclic N) is 1. The second-order valence-electron chi connectivity index (χ2n) is 9.15. The number of nitrogens with one attached hydrogen (secondary N) is 1. The van der Waals surface area contributed by atoms with Crippen molar-refractivity contribution in [2.75, 3.05) is 25.0 Å². The standard InChI is InChI=1S/C29H29N3O4/c1-2-36-29(35)21-10-13-24-25(16-21)31-28(34)26(24)27(20-6-4-3-5-7-20)30-22-11-8-19(9-12-22)17-32-15-14-23(33)18-32/h3-13,16,23,26,33H,2,14-15,17-18H2,1H3,(H,31,34). The molecular weight excluding hydrogens is 454 g/mol. The minimum Gasteiger partial charge on any atom is -0.462 e. The molecule has 36 heavy (non-hydrogen) atoms. The smallest absolute Gasteiger partial charge is 0.338 e. The Bertz CT molecular complexity index is 1290. The fraction of sp³-hybridized carbons (Fsp3) is 0.276. The molecule has 0 spiro atoms. The van der Waals surface area contributed by atoms with Crippen molar-refractivity contribution in [1.82, 2.24) is 4.90 Å². The van der Waals surface area contributed by atoms with E-state index >= 15 is 0 Å². The molecule has 5 rings (SSSR count). The summed E-state index contributed by atoms with van der Waals surface area (Å²) in [5.41, 5.74) is 5.18. The van der Waals surface area contributed by atoms with Crippen LogP contribution in [0, 0.1) is 0 Å². The van der Waals surface area contributed by atoms with Crippen LogP contribution in [0.2, 0.25) is 0 Å². The number of ether oxygens (including phenoxy) is 1. The maximum Gasteiger partial charge on any atom is 0.338 e. The van der Waals surface area contributed by atoms with Gasteiger partial charge in [0, 0.05) is 25.3 Å². The number of hydrogen-bond acceptors (Lipinski definition) is 6. The van der Waals surface area contributed by atoms with E-state index < -0.39 is 11.9 Å². The molecule has 2 atom stereocenters. The van der Waals surface area contributed by atoms with E-state index in [-0.39, 0.29) is 18.6 Å². The Kier molecular flexibility index (Phi) is 6.93. The average Bonchev–Trinajstić information content (AvgIpc) is 3.45. The Hall–Kier alpha value is -3.81. The topological polar surface area (TPSA) is 91.2 Å². The molecule has 3 aromatic rings. The maximum atomic E-state index is 13.2. The predicted octanol–water partition coefficient (Wildman–Crippen LogP) is 4.29. The van der Waals surface area contributed by atoms with E-state index in [1.54, 1.807) is 25.1 Å². The molecule has 0 bridgehead atoms. The third kappa shape index (κ3) is 5.08. The monoisotopic (exact) mass is 483 g/mol. The minimum atomic E-state index is -0.607. The van der Waals surface area contributed by atoms with Crippen molar-refractivity contribution in [2.45, 2.75) is 31.9 Å². The highest BCUT2D eigenvalue weighted by Gasteiger charge is 2.36. The summed E-state index contributed by atoms with van der Waals surface area (Å²) in [4.78, 5) is 32.5. The number of aliphatic hydroxyl groups excluding tert-OH is 1. The van der Waals surface area contributed by atoms with Crippen LogP contribution in [0.3, 0.4) is 0 Å². The van der Waals surface area contributed by atoms with Crippen LogP contribution in [0.4, 0.5) is 11.4 Å². The molecule has 0 radical (unpaired) electrons. The number of rotatable bonds is 7. The number of fused-ring (bicyclic) bond motifs is 1. The Morgan fingerprint density at radius 3 is 2.56 bits per heavy atom. The Morgan fingerprint density at radius 2 is 1.86 bits per heavy atom. The average molecular weight is 484 g/mol. The summed E-state index contributed by atoms with van der Waals surface area (Å²) in [6.45, 7) is 4.43. The van der Waals surface area contributed by atoms with E-state index in [2.05, 4.69) is 10.2 Å². The largest absolute Gasteiger partial charge is 0.462 e. The lowest BCUT2D eigenvalue weighted by Gasteiger charge is -2.16. The maximum absolute atomic E-state index is 13.2. The molecule has 0 aromatic heterocycles. The van der Waals surface area contributed by atoms with Gasteiger partial charge in [0.2, 0.25) is 5.91 Å². The number of anilines is 1. The molecule has 7 nitrogen and oxygen atoms in total. The number of hydrogen-bond donors (Lipinski definition) is 2. The van der Waals surface area contributed by atoms with E-state index in [0.717, 1.165) is 41.9 Å².